The average Bonchev–Trinajstić information content (AvgIpc) is 3.29. The average molecular weight is 935 g/mol. The van der Waals surface area contributed by atoms with Crippen molar-refractivity contribution in [2.24, 2.45) is 0 Å². The number of hydrogen-bond acceptors (Lipinski definition) is 12. The molecule has 0 bridgehead atoms. The number of aliphatic hydroxyl groups is 5. The van der Waals surface area contributed by atoms with Crippen molar-refractivity contribution in [1.29, 1.82) is 0 Å². The van der Waals surface area contributed by atoms with Crippen LogP contribution in [0.25, 0.3) is 0 Å². The highest BCUT2D eigenvalue weighted by Crippen LogP contribution is 2.47. The first kappa shape index (κ1) is 59.8. The van der Waals surface area contributed by atoms with Crippen molar-refractivity contribution in [2.45, 2.75) is 198 Å². The van der Waals surface area contributed by atoms with Crippen LogP contribution in [0.1, 0.15) is 155 Å². The molecule has 13 nitrogen and oxygen atoms in total. The molecule has 370 valence electrons. The Hall–Kier alpha value is -3.23. The third-order valence-corrected chi connectivity index (χ3v) is 11.4. The molecule has 1 rings (SSSR count). The molecule has 0 saturated heterocycles. The lowest BCUT2D eigenvalue weighted by atomic mass is 9.85. The number of allylic oxidation sites excluding steroid dienone is 16. The molecule has 0 heterocycles. The van der Waals surface area contributed by atoms with E-state index in [1.807, 2.05) is 12.2 Å². The number of carbonyl (C=O) groups excluding carboxylic acids is 2. The van der Waals surface area contributed by atoms with Gasteiger partial charge < -0.3 is 39.9 Å². The number of ether oxygens (including phenoxy) is 2. The maximum atomic E-state index is 12.8. The van der Waals surface area contributed by atoms with E-state index in [0.29, 0.717) is 12.8 Å². The first-order valence-corrected chi connectivity index (χ1v) is 25.5. The molecule has 8 atom stereocenters. The second-order valence-corrected chi connectivity index (χ2v) is 17.6. The van der Waals surface area contributed by atoms with E-state index in [2.05, 4.69) is 98.9 Å². The molecule has 1 aliphatic rings. The van der Waals surface area contributed by atoms with E-state index >= 15 is 0 Å². The van der Waals surface area contributed by atoms with E-state index in [4.69, 9.17) is 18.5 Å². The summed E-state index contributed by atoms with van der Waals surface area (Å²) in [5.41, 5.74) is 0. The molecule has 1 saturated carbocycles. The van der Waals surface area contributed by atoms with Crippen molar-refractivity contribution >= 4 is 19.8 Å². The molecule has 1 aliphatic carbocycles. The maximum Gasteiger partial charge on any atom is 0.472 e. The molecular formula is C51H83O13P. The standard InChI is InChI=1S/C51H83O13P/c1-3-5-7-9-11-13-15-17-18-19-20-21-22-23-24-25-26-28-29-31-33-35-37-39-44(52)61-41-43(42-62-65(59,60)64-51-49(57)47(55)46(54)48(56)50(51)58)63-45(53)40-38-36-34-32-30-27-16-14-12-10-8-6-4-2/h5,7,11,13,17-18,20-21,23-24,26-28,30,34,36,43,46-51,54-58H,3-4,6,8-10,12,14-16,19,22,25,29,31-33,35,37-42H2,1-2H3,(H,59,60)/b7-5+,13-11+,18-17+,21-20+,24-23+,28-26+,30-27+,36-34+/t43?,46?,47-,48?,49?,50?,51?/m0/s1. The van der Waals surface area contributed by atoms with Crippen molar-refractivity contribution in [2.75, 3.05) is 13.2 Å². The van der Waals surface area contributed by atoms with E-state index in [1.165, 1.54) is 38.5 Å². The highest BCUT2D eigenvalue weighted by atomic mass is 31.2. The van der Waals surface area contributed by atoms with Crippen LogP contribution in [0.5, 0.6) is 0 Å². The topological polar surface area (TPSA) is 210 Å². The molecule has 0 spiro atoms. The van der Waals surface area contributed by atoms with Gasteiger partial charge in [0.1, 0.15) is 43.2 Å². The van der Waals surface area contributed by atoms with Crippen LogP contribution in [-0.2, 0) is 32.7 Å². The van der Waals surface area contributed by atoms with E-state index in [9.17, 15) is 44.6 Å². The monoisotopic (exact) mass is 935 g/mol. The molecule has 65 heavy (non-hydrogen) atoms. The fourth-order valence-corrected chi connectivity index (χ4v) is 7.55. The minimum atomic E-state index is -5.15. The van der Waals surface area contributed by atoms with Crippen LogP contribution in [0, 0.1) is 0 Å². The minimum absolute atomic E-state index is 0.0210. The molecule has 1 fully saturated rings. The largest absolute Gasteiger partial charge is 0.472 e. The molecule has 7 unspecified atom stereocenters. The van der Waals surface area contributed by atoms with Gasteiger partial charge in [0.2, 0.25) is 0 Å². The van der Waals surface area contributed by atoms with Crippen LogP contribution in [0.3, 0.4) is 0 Å². The highest BCUT2D eigenvalue weighted by Gasteiger charge is 2.51. The predicted molar refractivity (Wildman–Crippen MR) is 258 cm³/mol. The molecule has 0 amide bonds. The van der Waals surface area contributed by atoms with E-state index in [-0.39, 0.29) is 12.8 Å². The summed E-state index contributed by atoms with van der Waals surface area (Å²) in [7, 11) is -5.15. The number of esters is 2. The molecule has 0 aromatic rings. The molecule has 14 heteroatoms. The number of rotatable bonds is 38. The van der Waals surface area contributed by atoms with Gasteiger partial charge in [-0.3, -0.25) is 18.6 Å². The summed E-state index contributed by atoms with van der Waals surface area (Å²) in [4.78, 5) is 35.7. The quantitative estimate of drug-likeness (QED) is 0.0148. The Morgan fingerprint density at radius 2 is 0.908 bits per heavy atom. The van der Waals surface area contributed by atoms with Crippen LogP contribution in [0.15, 0.2) is 97.2 Å². The third-order valence-electron chi connectivity index (χ3n) is 10.4. The first-order valence-electron chi connectivity index (χ1n) is 24.0. The van der Waals surface area contributed by atoms with Gasteiger partial charge in [-0.05, 0) is 83.5 Å². The Labute approximate surface area is 390 Å². The summed E-state index contributed by atoms with van der Waals surface area (Å²) < 4.78 is 33.4. The Balaban J connectivity index is 2.46. The number of aliphatic hydroxyl groups excluding tert-OH is 5. The summed E-state index contributed by atoms with van der Waals surface area (Å²) >= 11 is 0. The van der Waals surface area contributed by atoms with Gasteiger partial charge in [-0.25, -0.2) is 4.57 Å². The number of hydrogen-bond donors (Lipinski definition) is 6. The SMILES string of the molecule is CC/C=C/C/C=C/C/C=C/C/C=C/C/C=C/C/C=C/CCCCCCC(=O)OCC(COP(=O)(O)OC1C(O)C(O)C(O)[C@H](O)C1O)OC(=O)CC/C=C/C/C=C/CCCCCCCC. The second-order valence-electron chi connectivity index (χ2n) is 16.2. The van der Waals surface area contributed by atoms with E-state index < -0.39 is 75.7 Å². The van der Waals surface area contributed by atoms with Gasteiger partial charge in [0, 0.05) is 12.8 Å². The van der Waals surface area contributed by atoms with Gasteiger partial charge >= 0.3 is 19.8 Å². The summed E-state index contributed by atoms with van der Waals surface area (Å²) in [5, 5.41) is 50.2. The molecular weight excluding hydrogens is 852 g/mol. The van der Waals surface area contributed by atoms with Crippen molar-refractivity contribution in [3.8, 4) is 0 Å². The lowest BCUT2D eigenvalue weighted by Gasteiger charge is -2.41. The number of unbranched alkanes of at least 4 members (excludes halogenated alkanes) is 10. The van der Waals surface area contributed by atoms with Crippen LogP contribution in [0.2, 0.25) is 0 Å². The molecule has 0 aromatic heterocycles. The Morgan fingerprint density at radius 1 is 0.492 bits per heavy atom. The number of carbonyl (C=O) groups is 2. The maximum absolute atomic E-state index is 12.8. The number of phosphoric acid groups is 1. The molecule has 6 N–H and O–H groups in total. The van der Waals surface area contributed by atoms with Gasteiger partial charge in [0.05, 0.1) is 6.61 Å². The highest BCUT2D eigenvalue weighted by molar-refractivity contribution is 7.47. The third kappa shape index (κ3) is 32.2. The van der Waals surface area contributed by atoms with Gasteiger partial charge in [0.25, 0.3) is 0 Å². The smallest absolute Gasteiger partial charge is 0.462 e. The van der Waals surface area contributed by atoms with E-state index in [1.54, 1.807) is 0 Å². The number of phosphoric ester groups is 1. The van der Waals surface area contributed by atoms with Crippen LogP contribution in [0.4, 0.5) is 0 Å². The first-order chi connectivity index (χ1) is 31.4. The fraction of sp³-hybridized carbons (Fsp3) is 0.647. The molecule has 0 aliphatic heterocycles. The van der Waals surface area contributed by atoms with Crippen molar-refractivity contribution in [3.63, 3.8) is 0 Å². The lowest BCUT2D eigenvalue weighted by molar-refractivity contribution is -0.220. The molecule has 0 radical (unpaired) electrons. The van der Waals surface area contributed by atoms with Crippen LogP contribution >= 0.6 is 7.82 Å². The van der Waals surface area contributed by atoms with Crippen LogP contribution in [-0.4, -0.2) is 98.3 Å². The zero-order chi connectivity index (χ0) is 47.8. The van der Waals surface area contributed by atoms with Crippen molar-refractivity contribution < 1.29 is 63.1 Å². The zero-order valence-electron chi connectivity index (χ0n) is 39.2. The van der Waals surface area contributed by atoms with Gasteiger partial charge in [0.15, 0.2) is 6.10 Å². The predicted octanol–water partition coefficient (Wildman–Crippen LogP) is 9.83. The zero-order valence-corrected chi connectivity index (χ0v) is 40.1. The summed E-state index contributed by atoms with van der Waals surface area (Å²) in [6.45, 7) is 3.09. The summed E-state index contributed by atoms with van der Waals surface area (Å²) in [6, 6.07) is 0. The van der Waals surface area contributed by atoms with Crippen LogP contribution < -0.4 is 0 Å². The minimum Gasteiger partial charge on any atom is -0.462 e. The lowest BCUT2D eigenvalue weighted by Crippen LogP contribution is -2.64. The van der Waals surface area contributed by atoms with Crippen molar-refractivity contribution in [1.82, 2.24) is 0 Å². The van der Waals surface area contributed by atoms with Gasteiger partial charge in [-0.2, -0.15) is 0 Å². The van der Waals surface area contributed by atoms with E-state index in [0.717, 1.165) is 77.0 Å². The van der Waals surface area contributed by atoms with Crippen molar-refractivity contribution in [3.05, 3.63) is 97.2 Å². The second kappa shape index (κ2) is 39.9. The molecule has 0 aromatic carbocycles. The Morgan fingerprint density at radius 3 is 1.40 bits per heavy atom. The van der Waals surface area contributed by atoms with Gasteiger partial charge in [-0.15, -0.1) is 0 Å². The Kier molecular flexibility index (Phi) is 36.7. The van der Waals surface area contributed by atoms with Gasteiger partial charge in [-0.1, -0.05) is 156 Å². The Bertz CT molecular complexity index is 1500. The summed E-state index contributed by atoms with van der Waals surface area (Å²) in [5.74, 6) is -1.22. The normalized spacial score (nSPS) is 22.3. The summed E-state index contributed by atoms with van der Waals surface area (Å²) in [6.07, 6.45) is 40.5. The fourth-order valence-electron chi connectivity index (χ4n) is 6.58.